The first-order valence-corrected chi connectivity index (χ1v) is 5.80. The minimum absolute atomic E-state index is 0.249. The van der Waals surface area contributed by atoms with E-state index in [1.54, 1.807) is 0 Å². The molecule has 16 heavy (non-hydrogen) atoms. The highest BCUT2D eigenvalue weighted by molar-refractivity contribution is 5.79. The molecular formula is C14H16N2. The Balaban J connectivity index is 2.13. The van der Waals surface area contributed by atoms with Crippen LogP contribution in [0.4, 0.5) is 0 Å². The van der Waals surface area contributed by atoms with Gasteiger partial charge in [0.2, 0.25) is 0 Å². The largest absolute Gasteiger partial charge is 0.310 e. The maximum absolute atomic E-state index is 4.52. The Kier molecular flexibility index (Phi) is 2.01. The van der Waals surface area contributed by atoms with Gasteiger partial charge in [0, 0.05) is 16.6 Å². The third kappa shape index (κ3) is 1.41. The zero-order chi connectivity index (χ0) is 11.2. The lowest BCUT2D eigenvalue weighted by Gasteiger charge is -2.15. The first-order valence-electron chi connectivity index (χ1n) is 5.80. The summed E-state index contributed by atoms with van der Waals surface area (Å²) >= 11 is 0. The van der Waals surface area contributed by atoms with Crippen molar-refractivity contribution in [3.05, 3.63) is 41.6 Å². The molecule has 0 saturated heterocycles. The third-order valence-electron chi connectivity index (χ3n) is 3.61. The van der Waals surface area contributed by atoms with E-state index < -0.39 is 0 Å². The monoisotopic (exact) mass is 212 g/mol. The molecule has 1 aliphatic carbocycles. The molecule has 1 aromatic carbocycles. The van der Waals surface area contributed by atoms with Gasteiger partial charge in [-0.2, -0.15) is 0 Å². The summed E-state index contributed by atoms with van der Waals surface area (Å²) in [5, 5.41) is 4.66. The van der Waals surface area contributed by atoms with Gasteiger partial charge in [-0.3, -0.25) is 4.98 Å². The molecule has 0 spiro atoms. The smallest absolute Gasteiger partial charge is 0.0705 e. The van der Waals surface area contributed by atoms with E-state index in [0.29, 0.717) is 0 Å². The molecule has 0 aliphatic heterocycles. The van der Waals surface area contributed by atoms with E-state index in [4.69, 9.17) is 0 Å². The fourth-order valence-corrected chi connectivity index (χ4v) is 2.33. The molecule has 3 rings (SSSR count). The maximum atomic E-state index is 4.52. The average Bonchev–Trinajstić information content (AvgIpc) is 3.09. The van der Waals surface area contributed by atoms with Crippen LogP contribution in [0.5, 0.6) is 0 Å². The minimum atomic E-state index is 0.249. The molecule has 1 saturated carbocycles. The predicted octanol–water partition coefficient (Wildman–Crippen LogP) is 2.75. The number of fused-ring (bicyclic) bond motifs is 1. The van der Waals surface area contributed by atoms with Crippen LogP contribution >= 0.6 is 0 Å². The van der Waals surface area contributed by atoms with Gasteiger partial charge in [-0.15, -0.1) is 0 Å². The molecule has 1 aromatic heterocycles. The standard InChI is InChI=1S/C14H16N2/c1-10-3-4-11-9-12(5-6-13(11)16-10)14(15-2)7-8-14/h3-6,9,15H,7-8H2,1-2H3. The summed E-state index contributed by atoms with van der Waals surface area (Å²) in [7, 11) is 2.05. The number of nitrogens with zero attached hydrogens (tertiary/aromatic N) is 1. The van der Waals surface area contributed by atoms with Crippen LogP contribution in [-0.4, -0.2) is 12.0 Å². The first kappa shape index (κ1) is 9.79. The number of hydrogen-bond acceptors (Lipinski definition) is 2. The van der Waals surface area contributed by atoms with E-state index >= 15 is 0 Å². The fraction of sp³-hybridized carbons (Fsp3) is 0.357. The van der Waals surface area contributed by atoms with Crippen molar-refractivity contribution in [3.63, 3.8) is 0 Å². The van der Waals surface area contributed by atoms with Crippen molar-refractivity contribution in [2.75, 3.05) is 7.05 Å². The van der Waals surface area contributed by atoms with Gasteiger partial charge in [-0.1, -0.05) is 12.1 Å². The molecule has 2 nitrogen and oxygen atoms in total. The van der Waals surface area contributed by atoms with Gasteiger partial charge < -0.3 is 5.32 Å². The summed E-state index contributed by atoms with van der Waals surface area (Å²) in [6.45, 7) is 2.03. The van der Waals surface area contributed by atoms with Crippen molar-refractivity contribution in [2.24, 2.45) is 0 Å². The van der Waals surface area contributed by atoms with Crippen LogP contribution in [0.1, 0.15) is 24.1 Å². The predicted molar refractivity (Wildman–Crippen MR) is 66.5 cm³/mol. The highest BCUT2D eigenvalue weighted by atomic mass is 15.0. The van der Waals surface area contributed by atoms with Gasteiger partial charge in [0.1, 0.15) is 0 Å². The van der Waals surface area contributed by atoms with Crippen LogP contribution in [0.15, 0.2) is 30.3 Å². The molecule has 1 heterocycles. The van der Waals surface area contributed by atoms with Crippen LogP contribution in [0.25, 0.3) is 10.9 Å². The fourth-order valence-electron chi connectivity index (χ4n) is 2.33. The molecule has 1 aliphatic rings. The SMILES string of the molecule is CNC1(c2ccc3nc(C)ccc3c2)CC1. The van der Waals surface area contributed by atoms with E-state index in [9.17, 15) is 0 Å². The number of pyridine rings is 1. The van der Waals surface area contributed by atoms with E-state index in [-0.39, 0.29) is 5.54 Å². The molecule has 0 amide bonds. The normalized spacial score (nSPS) is 17.6. The second-order valence-electron chi connectivity index (χ2n) is 4.69. The Morgan fingerprint density at radius 1 is 1.19 bits per heavy atom. The van der Waals surface area contributed by atoms with Crippen LogP contribution in [0.3, 0.4) is 0 Å². The zero-order valence-electron chi connectivity index (χ0n) is 9.75. The summed E-state index contributed by atoms with van der Waals surface area (Å²) < 4.78 is 0. The molecule has 0 bridgehead atoms. The Hall–Kier alpha value is -1.41. The van der Waals surface area contributed by atoms with Crippen molar-refractivity contribution in [1.82, 2.24) is 10.3 Å². The number of rotatable bonds is 2. The second-order valence-corrected chi connectivity index (χ2v) is 4.69. The van der Waals surface area contributed by atoms with E-state index in [2.05, 4.69) is 40.6 Å². The number of nitrogens with one attached hydrogen (secondary N) is 1. The van der Waals surface area contributed by atoms with Gasteiger partial charge >= 0.3 is 0 Å². The van der Waals surface area contributed by atoms with Crippen LogP contribution in [0, 0.1) is 6.92 Å². The lowest BCUT2D eigenvalue weighted by Crippen LogP contribution is -2.24. The topological polar surface area (TPSA) is 24.9 Å². The Labute approximate surface area is 95.7 Å². The van der Waals surface area contributed by atoms with Crippen molar-refractivity contribution in [2.45, 2.75) is 25.3 Å². The summed E-state index contributed by atoms with van der Waals surface area (Å²) in [5.74, 6) is 0. The van der Waals surface area contributed by atoms with Crippen molar-refractivity contribution < 1.29 is 0 Å². The van der Waals surface area contributed by atoms with Crippen LogP contribution < -0.4 is 5.32 Å². The highest BCUT2D eigenvalue weighted by Gasteiger charge is 2.42. The van der Waals surface area contributed by atoms with Crippen LogP contribution in [-0.2, 0) is 5.54 Å². The Bertz CT molecular complexity index is 541. The summed E-state index contributed by atoms with van der Waals surface area (Å²) in [4.78, 5) is 4.52. The van der Waals surface area contributed by atoms with E-state index in [1.165, 1.54) is 23.8 Å². The summed E-state index contributed by atoms with van der Waals surface area (Å²) in [5.41, 5.74) is 3.82. The number of aryl methyl sites for hydroxylation is 1. The molecular weight excluding hydrogens is 196 g/mol. The maximum Gasteiger partial charge on any atom is 0.0705 e. The quantitative estimate of drug-likeness (QED) is 0.828. The minimum Gasteiger partial charge on any atom is -0.310 e. The lowest BCUT2D eigenvalue weighted by molar-refractivity contribution is 0.586. The molecule has 1 fully saturated rings. The molecule has 0 unspecified atom stereocenters. The Morgan fingerprint density at radius 2 is 2.00 bits per heavy atom. The molecule has 82 valence electrons. The van der Waals surface area contributed by atoms with Crippen LogP contribution in [0.2, 0.25) is 0 Å². The zero-order valence-corrected chi connectivity index (χ0v) is 9.75. The summed E-state index contributed by atoms with van der Waals surface area (Å²) in [6.07, 6.45) is 2.49. The lowest BCUT2D eigenvalue weighted by atomic mass is 10.0. The van der Waals surface area contributed by atoms with Crippen molar-refractivity contribution >= 4 is 10.9 Å². The van der Waals surface area contributed by atoms with Gasteiger partial charge in [-0.05, 0) is 50.6 Å². The molecule has 0 radical (unpaired) electrons. The number of hydrogen-bond donors (Lipinski definition) is 1. The van der Waals surface area contributed by atoms with Crippen molar-refractivity contribution in [3.8, 4) is 0 Å². The Morgan fingerprint density at radius 3 is 2.69 bits per heavy atom. The van der Waals surface area contributed by atoms with E-state index in [0.717, 1.165) is 11.2 Å². The van der Waals surface area contributed by atoms with Gasteiger partial charge in [0.25, 0.3) is 0 Å². The highest BCUT2D eigenvalue weighted by Crippen LogP contribution is 2.45. The van der Waals surface area contributed by atoms with Gasteiger partial charge in [0.15, 0.2) is 0 Å². The molecule has 2 aromatic rings. The van der Waals surface area contributed by atoms with E-state index in [1.807, 2.05) is 14.0 Å². The molecule has 2 heteroatoms. The first-order chi connectivity index (χ1) is 7.73. The average molecular weight is 212 g/mol. The second kappa shape index (κ2) is 3.29. The molecule has 1 N–H and O–H groups in total. The van der Waals surface area contributed by atoms with Gasteiger partial charge in [0.05, 0.1) is 5.52 Å². The van der Waals surface area contributed by atoms with Gasteiger partial charge in [-0.25, -0.2) is 0 Å². The molecule has 0 atom stereocenters. The number of aromatic nitrogens is 1. The number of benzene rings is 1. The van der Waals surface area contributed by atoms with Crippen molar-refractivity contribution in [1.29, 1.82) is 0 Å². The summed E-state index contributed by atoms with van der Waals surface area (Å²) in [6, 6.07) is 10.8. The third-order valence-corrected chi connectivity index (χ3v) is 3.61.